The summed E-state index contributed by atoms with van der Waals surface area (Å²) in [5.41, 5.74) is 2.51. The van der Waals surface area contributed by atoms with Crippen molar-refractivity contribution in [3.8, 4) is 5.75 Å². The Labute approximate surface area is 166 Å². The highest BCUT2D eigenvalue weighted by Crippen LogP contribution is 2.12. The zero-order chi connectivity index (χ0) is 19.9. The number of amides is 2. The van der Waals surface area contributed by atoms with Crippen LogP contribution < -0.4 is 10.1 Å². The van der Waals surface area contributed by atoms with Crippen molar-refractivity contribution in [2.45, 2.75) is 6.92 Å². The average molecular weight is 381 g/mol. The van der Waals surface area contributed by atoms with Crippen LogP contribution in [0.4, 0.5) is 0 Å². The SMILES string of the molecule is COc1ccc(C(=O)NCCN2CCN(C(=O)c3ccc(C)cc3)CC2)cc1. The molecule has 6 nitrogen and oxygen atoms in total. The largest absolute Gasteiger partial charge is 0.497 e. The van der Waals surface area contributed by atoms with E-state index in [2.05, 4.69) is 10.2 Å². The first-order valence-electron chi connectivity index (χ1n) is 9.57. The molecule has 0 aliphatic carbocycles. The first-order valence-corrected chi connectivity index (χ1v) is 9.57. The number of nitrogens with one attached hydrogen (secondary N) is 1. The number of rotatable bonds is 6. The van der Waals surface area contributed by atoms with Crippen LogP contribution in [0.3, 0.4) is 0 Å². The van der Waals surface area contributed by atoms with Gasteiger partial charge in [-0.25, -0.2) is 0 Å². The van der Waals surface area contributed by atoms with Crippen LogP contribution in [0.1, 0.15) is 26.3 Å². The third-order valence-electron chi connectivity index (χ3n) is 5.02. The molecule has 0 spiro atoms. The molecular weight excluding hydrogens is 354 g/mol. The van der Waals surface area contributed by atoms with E-state index in [9.17, 15) is 9.59 Å². The van der Waals surface area contributed by atoms with Gasteiger partial charge in [0.1, 0.15) is 5.75 Å². The number of ether oxygens (including phenoxy) is 1. The van der Waals surface area contributed by atoms with Gasteiger partial charge in [0.15, 0.2) is 0 Å². The number of nitrogens with zero attached hydrogens (tertiary/aromatic N) is 2. The molecule has 0 bridgehead atoms. The first-order chi connectivity index (χ1) is 13.6. The van der Waals surface area contributed by atoms with Crippen LogP contribution in [0.15, 0.2) is 48.5 Å². The van der Waals surface area contributed by atoms with Crippen molar-refractivity contribution in [3.05, 3.63) is 65.2 Å². The van der Waals surface area contributed by atoms with E-state index in [1.165, 1.54) is 0 Å². The number of carbonyl (C=O) groups is 2. The molecule has 2 aromatic carbocycles. The number of carbonyl (C=O) groups excluding carboxylic acids is 2. The molecule has 2 aromatic rings. The minimum atomic E-state index is -0.0872. The molecule has 6 heteroatoms. The number of aryl methyl sites for hydroxylation is 1. The molecule has 28 heavy (non-hydrogen) atoms. The predicted octanol–water partition coefficient (Wildman–Crippen LogP) is 2.19. The van der Waals surface area contributed by atoms with Gasteiger partial charge < -0.3 is 15.0 Å². The molecule has 0 unspecified atom stereocenters. The normalized spacial score (nSPS) is 14.6. The maximum atomic E-state index is 12.6. The summed E-state index contributed by atoms with van der Waals surface area (Å²) in [7, 11) is 1.60. The lowest BCUT2D eigenvalue weighted by Gasteiger charge is -2.34. The quantitative estimate of drug-likeness (QED) is 0.833. The van der Waals surface area contributed by atoms with Gasteiger partial charge in [-0.1, -0.05) is 17.7 Å². The Balaban J connectivity index is 1.40. The Hall–Kier alpha value is -2.86. The summed E-state index contributed by atoms with van der Waals surface area (Å²) < 4.78 is 5.10. The summed E-state index contributed by atoms with van der Waals surface area (Å²) >= 11 is 0. The van der Waals surface area contributed by atoms with E-state index in [4.69, 9.17) is 4.74 Å². The highest BCUT2D eigenvalue weighted by molar-refractivity contribution is 5.94. The Morgan fingerprint density at radius 2 is 1.54 bits per heavy atom. The molecule has 0 saturated carbocycles. The second kappa shape index (κ2) is 9.37. The first kappa shape index (κ1) is 19.9. The third kappa shape index (κ3) is 5.10. The fourth-order valence-corrected chi connectivity index (χ4v) is 3.23. The minimum absolute atomic E-state index is 0.0872. The summed E-state index contributed by atoms with van der Waals surface area (Å²) in [6, 6.07) is 14.8. The van der Waals surface area contributed by atoms with Crippen molar-refractivity contribution in [2.24, 2.45) is 0 Å². The summed E-state index contributed by atoms with van der Waals surface area (Å²) in [5, 5.41) is 2.95. The standard InChI is InChI=1S/C22H27N3O3/c1-17-3-5-19(6-4-17)22(27)25-15-13-24(14-16-25)12-11-23-21(26)18-7-9-20(28-2)10-8-18/h3-10H,11-16H2,1-2H3,(H,23,26). The van der Waals surface area contributed by atoms with Gasteiger partial charge in [0, 0.05) is 50.4 Å². The number of piperazine rings is 1. The number of benzene rings is 2. The van der Waals surface area contributed by atoms with Crippen LogP contribution in [0.2, 0.25) is 0 Å². The van der Waals surface area contributed by atoms with Gasteiger partial charge in [-0.05, 0) is 43.3 Å². The van der Waals surface area contributed by atoms with Gasteiger partial charge >= 0.3 is 0 Å². The second-order valence-electron chi connectivity index (χ2n) is 6.98. The maximum absolute atomic E-state index is 12.6. The smallest absolute Gasteiger partial charge is 0.253 e. The molecule has 0 aromatic heterocycles. The van der Waals surface area contributed by atoms with Crippen molar-refractivity contribution >= 4 is 11.8 Å². The zero-order valence-electron chi connectivity index (χ0n) is 16.5. The number of methoxy groups -OCH3 is 1. The van der Waals surface area contributed by atoms with Crippen molar-refractivity contribution in [1.82, 2.24) is 15.1 Å². The highest BCUT2D eigenvalue weighted by Gasteiger charge is 2.21. The van der Waals surface area contributed by atoms with Gasteiger partial charge in [0.05, 0.1) is 7.11 Å². The van der Waals surface area contributed by atoms with Gasteiger partial charge in [-0.15, -0.1) is 0 Å². The number of hydrogen-bond acceptors (Lipinski definition) is 4. The lowest BCUT2D eigenvalue weighted by molar-refractivity contribution is 0.0638. The summed E-state index contributed by atoms with van der Waals surface area (Å²) in [4.78, 5) is 28.9. The average Bonchev–Trinajstić information content (AvgIpc) is 2.74. The molecule has 1 N–H and O–H groups in total. The van der Waals surface area contributed by atoms with Crippen LogP contribution in [-0.4, -0.2) is 68.0 Å². The van der Waals surface area contributed by atoms with Crippen molar-refractivity contribution in [3.63, 3.8) is 0 Å². The van der Waals surface area contributed by atoms with E-state index >= 15 is 0 Å². The molecule has 0 radical (unpaired) electrons. The van der Waals surface area contributed by atoms with Crippen molar-refractivity contribution in [1.29, 1.82) is 0 Å². The molecule has 3 rings (SSSR count). The lowest BCUT2D eigenvalue weighted by atomic mass is 10.1. The van der Waals surface area contributed by atoms with Gasteiger partial charge in [0.25, 0.3) is 11.8 Å². The molecule has 1 saturated heterocycles. The third-order valence-corrected chi connectivity index (χ3v) is 5.02. The molecule has 2 amide bonds. The monoisotopic (exact) mass is 381 g/mol. The van der Waals surface area contributed by atoms with Gasteiger partial charge in [0.2, 0.25) is 0 Å². The van der Waals surface area contributed by atoms with E-state index < -0.39 is 0 Å². The molecule has 1 aliphatic rings. The van der Waals surface area contributed by atoms with Crippen LogP contribution in [0, 0.1) is 6.92 Å². The lowest BCUT2D eigenvalue weighted by Crippen LogP contribution is -2.50. The highest BCUT2D eigenvalue weighted by atomic mass is 16.5. The number of hydrogen-bond donors (Lipinski definition) is 1. The van der Waals surface area contributed by atoms with E-state index in [1.54, 1.807) is 31.4 Å². The fraction of sp³-hybridized carbons (Fsp3) is 0.364. The molecule has 1 aliphatic heterocycles. The zero-order valence-corrected chi connectivity index (χ0v) is 16.5. The Bertz CT molecular complexity index is 795. The van der Waals surface area contributed by atoms with Gasteiger partial charge in [-0.3, -0.25) is 14.5 Å². The van der Waals surface area contributed by atoms with E-state index in [0.717, 1.165) is 36.5 Å². The molecular formula is C22H27N3O3. The maximum Gasteiger partial charge on any atom is 0.253 e. The van der Waals surface area contributed by atoms with Crippen LogP contribution >= 0.6 is 0 Å². The predicted molar refractivity (Wildman–Crippen MR) is 109 cm³/mol. The van der Waals surface area contributed by atoms with Crippen LogP contribution in [0.5, 0.6) is 5.75 Å². The van der Waals surface area contributed by atoms with E-state index in [1.807, 2.05) is 36.1 Å². The van der Waals surface area contributed by atoms with Gasteiger partial charge in [-0.2, -0.15) is 0 Å². The summed E-state index contributed by atoms with van der Waals surface area (Å²) in [6.45, 7) is 6.41. The Kier molecular flexibility index (Phi) is 6.66. The molecule has 1 fully saturated rings. The fourth-order valence-electron chi connectivity index (χ4n) is 3.23. The Morgan fingerprint density at radius 3 is 2.14 bits per heavy atom. The molecule has 0 atom stereocenters. The van der Waals surface area contributed by atoms with E-state index in [-0.39, 0.29) is 11.8 Å². The molecule has 148 valence electrons. The summed E-state index contributed by atoms with van der Waals surface area (Å²) in [5.74, 6) is 0.734. The molecule has 1 heterocycles. The van der Waals surface area contributed by atoms with Crippen LogP contribution in [0.25, 0.3) is 0 Å². The topological polar surface area (TPSA) is 61.9 Å². The Morgan fingerprint density at radius 1 is 0.929 bits per heavy atom. The minimum Gasteiger partial charge on any atom is -0.497 e. The van der Waals surface area contributed by atoms with E-state index in [0.29, 0.717) is 25.2 Å². The van der Waals surface area contributed by atoms with Crippen LogP contribution in [-0.2, 0) is 0 Å². The van der Waals surface area contributed by atoms with Crippen molar-refractivity contribution in [2.75, 3.05) is 46.4 Å². The summed E-state index contributed by atoms with van der Waals surface area (Å²) in [6.07, 6.45) is 0. The second-order valence-corrected chi connectivity index (χ2v) is 6.98. The van der Waals surface area contributed by atoms with Crippen molar-refractivity contribution < 1.29 is 14.3 Å².